The average Bonchev–Trinajstić information content (AvgIpc) is 2.82. The predicted molar refractivity (Wildman–Crippen MR) is 56.1 cm³/mol. The Labute approximate surface area is 92.7 Å². The summed E-state index contributed by atoms with van der Waals surface area (Å²) in [5.41, 5.74) is 0. The van der Waals surface area contributed by atoms with Crippen molar-refractivity contribution in [1.82, 2.24) is 4.89 Å². The number of nitrogens with one attached hydrogen (secondary N) is 1. The van der Waals surface area contributed by atoms with Gasteiger partial charge in [-0.15, -0.1) is 0 Å². The summed E-state index contributed by atoms with van der Waals surface area (Å²) in [4.78, 5) is 6.85. The van der Waals surface area contributed by atoms with Gasteiger partial charge in [0.25, 0.3) is 0 Å². The van der Waals surface area contributed by atoms with Crippen molar-refractivity contribution in [2.75, 3.05) is 0 Å². The van der Waals surface area contributed by atoms with Crippen molar-refractivity contribution >= 4 is 10.0 Å². The molecule has 2 aromatic rings. The van der Waals surface area contributed by atoms with Gasteiger partial charge in [0.05, 0.1) is 6.26 Å². The molecule has 84 valence electrons. The summed E-state index contributed by atoms with van der Waals surface area (Å²) >= 11 is 0. The van der Waals surface area contributed by atoms with E-state index in [1.54, 1.807) is 30.3 Å². The molecule has 5 nitrogen and oxygen atoms in total. The van der Waals surface area contributed by atoms with E-state index in [0.717, 1.165) is 0 Å². The molecular formula is C10H9NO4S. The smallest absolute Gasteiger partial charge is 0.304 e. The fourth-order valence-electron chi connectivity index (χ4n) is 1.05. The van der Waals surface area contributed by atoms with E-state index in [-0.39, 0.29) is 5.09 Å². The molecule has 0 atom stereocenters. The first-order valence-corrected chi connectivity index (χ1v) is 5.94. The first kappa shape index (κ1) is 10.7. The highest BCUT2D eigenvalue weighted by molar-refractivity contribution is 7.89. The molecule has 1 N–H and O–H groups in total. The minimum Gasteiger partial charge on any atom is -0.452 e. The van der Waals surface area contributed by atoms with Crippen molar-refractivity contribution in [1.29, 1.82) is 0 Å². The van der Waals surface area contributed by atoms with Crippen LogP contribution in [0.25, 0.3) is 0 Å². The number of hydrogen-bond acceptors (Lipinski definition) is 4. The van der Waals surface area contributed by atoms with Crippen LogP contribution in [0.5, 0.6) is 5.75 Å². The van der Waals surface area contributed by atoms with Gasteiger partial charge in [0.2, 0.25) is 5.09 Å². The van der Waals surface area contributed by atoms with Crippen molar-refractivity contribution in [3.8, 4) is 5.75 Å². The highest BCUT2D eigenvalue weighted by Gasteiger charge is 2.17. The fourth-order valence-corrected chi connectivity index (χ4v) is 1.78. The Bertz CT molecular complexity index is 533. The summed E-state index contributed by atoms with van der Waals surface area (Å²) in [6, 6.07) is 11.3. The van der Waals surface area contributed by atoms with Crippen LogP contribution >= 0.6 is 0 Å². The molecule has 6 heteroatoms. The molecule has 0 aliphatic carbocycles. The van der Waals surface area contributed by atoms with E-state index in [9.17, 15) is 8.42 Å². The minimum absolute atomic E-state index is 0.191. The van der Waals surface area contributed by atoms with Gasteiger partial charge in [-0.2, -0.15) is 0 Å². The average molecular weight is 239 g/mol. The third-order valence-electron chi connectivity index (χ3n) is 1.77. The van der Waals surface area contributed by atoms with Crippen LogP contribution in [0.3, 0.4) is 0 Å². The van der Waals surface area contributed by atoms with Crippen LogP contribution in [0.2, 0.25) is 0 Å². The fraction of sp³-hybridized carbons (Fsp3) is 0. The van der Waals surface area contributed by atoms with Gasteiger partial charge in [0, 0.05) is 0 Å². The lowest BCUT2D eigenvalue weighted by atomic mass is 10.3. The maximum atomic E-state index is 11.5. The number of para-hydroxylation sites is 1. The van der Waals surface area contributed by atoms with Crippen molar-refractivity contribution in [3.63, 3.8) is 0 Å². The Morgan fingerprint density at radius 3 is 2.44 bits per heavy atom. The second kappa shape index (κ2) is 4.38. The van der Waals surface area contributed by atoms with Crippen LogP contribution in [0.15, 0.2) is 58.2 Å². The second-order valence-electron chi connectivity index (χ2n) is 2.93. The number of rotatable bonds is 4. The number of sulfonamides is 1. The van der Waals surface area contributed by atoms with E-state index in [1.165, 1.54) is 18.4 Å². The lowest BCUT2D eigenvalue weighted by Gasteiger charge is -2.05. The van der Waals surface area contributed by atoms with Crippen molar-refractivity contribution in [2.24, 2.45) is 0 Å². The maximum absolute atomic E-state index is 11.5. The van der Waals surface area contributed by atoms with Crippen LogP contribution in [0.4, 0.5) is 0 Å². The van der Waals surface area contributed by atoms with E-state index < -0.39 is 10.0 Å². The van der Waals surface area contributed by atoms with E-state index in [2.05, 4.69) is 0 Å². The molecule has 0 radical (unpaired) electrons. The van der Waals surface area contributed by atoms with Crippen LogP contribution in [0, 0.1) is 0 Å². The molecule has 2 rings (SSSR count). The summed E-state index contributed by atoms with van der Waals surface area (Å²) in [5, 5.41) is -0.191. The summed E-state index contributed by atoms with van der Waals surface area (Å²) in [6.07, 6.45) is 1.27. The first-order valence-electron chi connectivity index (χ1n) is 4.46. The van der Waals surface area contributed by atoms with Gasteiger partial charge in [-0.3, -0.25) is 0 Å². The first-order chi connectivity index (χ1) is 7.68. The minimum atomic E-state index is -3.75. The highest BCUT2D eigenvalue weighted by atomic mass is 32.2. The zero-order chi connectivity index (χ0) is 11.4. The Hall–Kier alpha value is -1.79. The standard InChI is InChI=1S/C10H9NO4S/c12-16(13,10-7-4-8-14-10)11-15-9-5-2-1-3-6-9/h1-8,11H. The van der Waals surface area contributed by atoms with E-state index in [0.29, 0.717) is 5.75 Å². The van der Waals surface area contributed by atoms with Gasteiger partial charge in [0.15, 0.2) is 0 Å². The van der Waals surface area contributed by atoms with Gasteiger partial charge in [0.1, 0.15) is 5.75 Å². The van der Waals surface area contributed by atoms with Crippen LogP contribution in [-0.4, -0.2) is 8.42 Å². The maximum Gasteiger partial charge on any atom is 0.304 e. The van der Waals surface area contributed by atoms with E-state index >= 15 is 0 Å². The summed E-state index contributed by atoms with van der Waals surface area (Å²) in [7, 11) is -3.75. The molecule has 0 unspecified atom stereocenters. The van der Waals surface area contributed by atoms with Crippen LogP contribution in [-0.2, 0) is 10.0 Å². The molecule has 0 aliphatic rings. The van der Waals surface area contributed by atoms with Gasteiger partial charge in [-0.05, 0) is 29.2 Å². The van der Waals surface area contributed by atoms with Gasteiger partial charge >= 0.3 is 10.0 Å². The summed E-state index contributed by atoms with van der Waals surface area (Å²) in [6.45, 7) is 0. The Balaban J connectivity index is 2.07. The zero-order valence-corrected chi connectivity index (χ0v) is 8.98. The third kappa shape index (κ3) is 2.41. The predicted octanol–water partition coefficient (Wildman–Crippen LogP) is 1.55. The highest BCUT2D eigenvalue weighted by Crippen LogP contribution is 2.11. The molecular weight excluding hydrogens is 230 g/mol. The quantitative estimate of drug-likeness (QED) is 0.822. The molecule has 1 aromatic heterocycles. The van der Waals surface area contributed by atoms with Crippen molar-refractivity contribution in [2.45, 2.75) is 5.09 Å². The molecule has 16 heavy (non-hydrogen) atoms. The van der Waals surface area contributed by atoms with Crippen molar-refractivity contribution < 1.29 is 17.7 Å². The molecule has 0 spiro atoms. The van der Waals surface area contributed by atoms with Crippen molar-refractivity contribution in [3.05, 3.63) is 48.7 Å². The van der Waals surface area contributed by atoms with Gasteiger partial charge < -0.3 is 9.25 Å². The number of hydrogen-bond donors (Lipinski definition) is 1. The molecule has 0 saturated carbocycles. The molecule has 0 amide bonds. The summed E-state index contributed by atoms with van der Waals surface area (Å²) < 4.78 is 27.8. The molecule has 1 heterocycles. The SMILES string of the molecule is O=S(=O)(NOc1ccccc1)c1ccco1. The lowest BCUT2D eigenvalue weighted by Crippen LogP contribution is -2.26. The largest absolute Gasteiger partial charge is 0.452 e. The molecule has 0 bridgehead atoms. The number of benzene rings is 1. The van der Waals surface area contributed by atoms with Gasteiger partial charge in [-0.1, -0.05) is 18.2 Å². The van der Waals surface area contributed by atoms with Crippen LogP contribution < -0.4 is 9.72 Å². The summed E-state index contributed by atoms with van der Waals surface area (Å²) in [5.74, 6) is 0.401. The normalized spacial score (nSPS) is 11.2. The monoisotopic (exact) mass is 239 g/mol. The Morgan fingerprint density at radius 2 is 1.81 bits per heavy atom. The lowest BCUT2D eigenvalue weighted by molar-refractivity contribution is 0.264. The van der Waals surface area contributed by atoms with Gasteiger partial charge in [-0.25, -0.2) is 8.42 Å². The number of furan rings is 1. The third-order valence-corrected chi connectivity index (χ3v) is 2.84. The van der Waals surface area contributed by atoms with E-state index in [4.69, 9.17) is 9.25 Å². The molecule has 0 fully saturated rings. The zero-order valence-electron chi connectivity index (χ0n) is 8.16. The Kier molecular flexibility index (Phi) is 2.93. The molecule has 1 aromatic carbocycles. The second-order valence-corrected chi connectivity index (χ2v) is 4.51. The topological polar surface area (TPSA) is 68.5 Å². The molecule has 0 aliphatic heterocycles. The van der Waals surface area contributed by atoms with E-state index in [1.807, 2.05) is 4.89 Å². The molecule has 0 saturated heterocycles. The van der Waals surface area contributed by atoms with Crippen LogP contribution in [0.1, 0.15) is 0 Å². The Morgan fingerprint density at radius 1 is 1.06 bits per heavy atom.